The molecule has 0 aromatic carbocycles. The second-order valence-electron chi connectivity index (χ2n) is 7.76. The van der Waals surface area contributed by atoms with E-state index in [2.05, 4.69) is 20.5 Å². The Bertz CT molecular complexity index is 854. The molecular weight excluding hydrogens is 346 g/mol. The van der Waals surface area contributed by atoms with Crippen LogP contribution in [0.1, 0.15) is 31.2 Å². The second-order valence-corrected chi connectivity index (χ2v) is 7.76. The highest BCUT2D eigenvalue weighted by Crippen LogP contribution is 2.33. The highest BCUT2D eigenvalue weighted by molar-refractivity contribution is 5.89. The van der Waals surface area contributed by atoms with Crippen LogP contribution in [0, 0.1) is 12.8 Å². The van der Waals surface area contributed by atoms with E-state index in [1.807, 2.05) is 29.8 Å². The number of urea groups is 1. The zero-order chi connectivity index (χ0) is 19.0. The zero-order valence-electron chi connectivity index (χ0n) is 15.4. The Balaban J connectivity index is 1.28. The number of pyridine rings is 1. The molecule has 2 aromatic heterocycles. The number of hydrogen-bond donors (Lipinski definition) is 3. The Kier molecular flexibility index (Phi) is 4.73. The van der Waals surface area contributed by atoms with Crippen LogP contribution in [0.4, 0.5) is 10.5 Å². The summed E-state index contributed by atoms with van der Waals surface area (Å²) in [6, 6.07) is 2.00. The maximum absolute atomic E-state index is 12.3. The summed E-state index contributed by atoms with van der Waals surface area (Å²) >= 11 is 0. The van der Waals surface area contributed by atoms with Gasteiger partial charge < -0.3 is 20.1 Å². The smallest absolute Gasteiger partial charge is 0.319 e. The van der Waals surface area contributed by atoms with E-state index in [-0.39, 0.29) is 24.7 Å². The highest BCUT2D eigenvalue weighted by atomic mass is 16.4. The number of fused-ring (bicyclic) bond motifs is 1. The molecule has 2 aromatic rings. The largest absolute Gasteiger partial charge is 0.480 e. The molecule has 0 aliphatic heterocycles. The molecule has 144 valence electrons. The second kappa shape index (κ2) is 7.19. The Hall–Kier alpha value is -2.61. The molecule has 8 nitrogen and oxygen atoms in total. The van der Waals surface area contributed by atoms with E-state index < -0.39 is 5.97 Å². The number of aliphatic carboxylic acids is 1. The first kappa shape index (κ1) is 17.8. The lowest BCUT2D eigenvalue weighted by Crippen LogP contribution is -2.55. The summed E-state index contributed by atoms with van der Waals surface area (Å²) in [4.78, 5) is 29.7. The van der Waals surface area contributed by atoms with Gasteiger partial charge in [-0.15, -0.1) is 0 Å². The van der Waals surface area contributed by atoms with Crippen molar-refractivity contribution in [2.45, 2.75) is 44.7 Å². The van der Waals surface area contributed by atoms with Crippen LogP contribution in [0.2, 0.25) is 0 Å². The lowest BCUT2D eigenvalue weighted by atomic mass is 9.85. The van der Waals surface area contributed by atoms with E-state index in [1.54, 1.807) is 6.20 Å². The van der Waals surface area contributed by atoms with Crippen LogP contribution in [0.25, 0.3) is 5.65 Å². The van der Waals surface area contributed by atoms with Gasteiger partial charge in [0.15, 0.2) is 0 Å². The van der Waals surface area contributed by atoms with Gasteiger partial charge in [-0.3, -0.25) is 9.69 Å². The molecule has 2 saturated carbocycles. The molecule has 2 aliphatic carbocycles. The minimum Gasteiger partial charge on any atom is -0.480 e. The lowest BCUT2D eigenvalue weighted by molar-refractivity contribution is -0.139. The molecule has 3 N–H and O–H groups in total. The highest BCUT2D eigenvalue weighted by Gasteiger charge is 2.37. The van der Waals surface area contributed by atoms with Crippen molar-refractivity contribution in [1.29, 1.82) is 0 Å². The molecule has 2 heterocycles. The van der Waals surface area contributed by atoms with Crippen molar-refractivity contribution in [3.63, 3.8) is 0 Å². The number of carboxylic acid groups (broad SMARTS) is 1. The molecule has 4 rings (SSSR count). The van der Waals surface area contributed by atoms with Crippen LogP contribution in [-0.4, -0.2) is 56.6 Å². The van der Waals surface area contributed by atoms with Crippen LogP contribution in [0.15, 0.2) is 24.7 Å². The Morgan fingerprint density at radius 1 is 1.37 bits per heavy atom. The fraction of sp³-hybridized carbons (Fsp3) is 0.526. The zero-order valence-corrected chi connectivity index (χ0v) is 15.4. The van der Waals surface area contributed by atoms with Gasteiger partial charge in [-0.05, 0) is 50.2 Å². The number of hydrogen-bond acceptors (Lipinski definition) is 4. The van der Waals surface area contributed by atoms with Crippen LogP contribution in [-0.2, 0) is 4.79 Å². The standard InChI is InChI=1S/C19H25N5O3/c1-12-6-15(10-23-5-4-20-18(12)23)22-19(27)21-14-7-16(8-14)24(11-17(25)26)9-13-2-3-13/h4-6,10,13-14,16H,2-3,7-9,11H2,1H3,(H,25,26)(H2,21,22,27). The van der Waals surface area contributed by atoms with Gasteiger partial charge in [0.1, 0.15) is 5.65 Å². The Labute approximate surface area is 157 Å². The van der Waals surface area contributed by atoms with Gasteiger partial charge in [-0.25, -0.2) is 9.78 Å². The number of aryl methyl sites for hydroxylation is 1. The number of rotatable bonds is 7. The van der Waals surface area contributed by atoms with Crippen molar-refractivity contribution in [3.8, 4) is 0 Å². The molecule has 0 bridgehead atoms. The van der Waals surface area contributed by atoms with Crippen molar-refractivity contribution in [1.82, 2.24) is 19.6 Å². The van der Waals surface area contributed by atoms with Crippen molar-refractivity contribution >= 4 is 23.3 Å². The van der Waals surface area contributed by atoms with Crippen molar-refractivity contribution in [2.75, 3.05) is 18.4 Å². The number of aromatic nitrogens is 2. The molecule has 2 aliphatic rings. The molecule has 27 heavy (non-hydrogen) atoms. The summed E-state index contributed by atoms with van der Waals surface area (Å²) in [5.74, 6) is -0.129. The minimum atomic E-state index is -0.782. The van der Waals surface area contributed by atoms with Crippen molar-refractivity contribution in [3.05, 3.63) is 30.2 Å². The van der Waals surface area contributed by atoms with E-state index in [0.717, 1.165) is 30.6 Å². The van der Waals surface area contributed by atoms with Gasteiger partial charge in [0.05, 0.1) is 12.2 Å². The molecule has 2 fully saturated rings. The van der Waals surface area contributed by atoms with Crippen LogP contribution >= 0.6 is 0 Å². The summed E-state index contributed by atoms with van der Waals surface area (Å²) in [6.07, 6.45) is 9.41. The number of nitrogens with zero attached hydrogens (tertiary/aromatic N) is 3. The molecule has 8 heteroatoms. The molecular formula is C19H25N5O3. The van der Waals surface area contributed by atoms with Gasteiger partial charge >= 0.3 is 12.0 Å². The van der Waals surface area contributed by atoms with Gasteiger partial charge in [0.25, 0.3) is 0 Å². The molecule has 0 saturated heterocycles. The summed E-state index contributed by atoms with van der Waals surface area (Å²) in [5, 5.41) is 15.0. The minimum absolute atomic E-state index is 0.0866. The fourth-order valence-electron chi connectivity index (χ4n) is 3.78. The summed E-state index contributed by atoms with van der Waals surface area (Å²) in [7, 11) is 0. The molecule has 0 atom stereocenters. The number of imidazole rings is 1. The third kappa shape index (κ3) is 4.21. The normalized spacial score (nSPS) is 21.9. The van der Waals surface area contributed by atoms with Gasteiger partial charge in [-0.2, -0.15) is 0 Å². The van der Waals surface area contributed by atoms with E-state index >= 15 is 0 Å². The first-order valence-corrected chi connectivity index (χ1v) is 9.44. The SMILES string of the molecule is Cc1cc(NC(=O)NC2CC(N(CC(=O)O)CC3CC3)C2)cn2ccnc12. The maximum atomic E-state index is 12.3. The number of carbonyl (C=O) groups is 2. The summed E-state index contributed by atoms with van der Waals surface area (Å²) < 4.78 is 1.88. The van der Waals surface area contributed by atoms with Crippen molar-refractivity contribution < 1.29 is 14.7 Å². The van der Waals surface area contributed by atoms with Crippen molar-refractivity contribution in [2.24, 2.45) is 5.92 Å². The molecule has 2 amide bonds. The predicted molar refractivity (Wildman–Crippen MR) is 101 cm³/mol. The van der Waals surface area contributed by atoms with Gasteiger partial charge in [-0.1, -0.05) is 0 Å². The quantitative estimate of drug-likeness (QED) is 0.692. The molecule has 0 radical (unpaired) electrons. The Morgan fingerprint density at radius 3 is 2.85 bits per heavy atom. The average molecular weight is 371 g/mol. The van der Waals surface area contributed by atoms with Crippen LogP contribution in [0.5, 0.6) is 0 Å². The van der Waals surface area contributed by atoms with E-state index in [9.17, 15) is 9.59 Å². The third-order valence-electron chi connectivity index (χ3n) is 5.42. The van der Waals surface area contributed by atoms with E-state index in [4.69, 9.17) is 5.11 Å². The molecule has 0 spiro atoms. The average Bonchev–Trinajstić information content (AvgIpc) is 3.23. The fourth-order valence-corrected chi connectivity index (χ4v) is 3.78. The monoisotopic (exact) mass is 371 g/mol. The van der Waals surface area contributed by atoms with Crippen LogP contribution < -0.4 is 10.6 Å². The third-order valence-corrected chi connectivity index (χ3v) is 5.42. The number of carbonyl (C=O) groups excluding carboxylic acids is 1. The number of carboxylic acids is 1. The number of anilines is 1. The van der Waals surface area contributed by atoms with E-state index in [1.165, 1.54) is 12.8 Å². The summed E-state index contributed by atoms with van der Waals surface area (Å²) in [6.45, 7) is 2.91. The van der Waals surface area contributed by atoms with E-state index in [0.29, 0.717) is 11.6 Å². The molecule has 0 unspecified atom stereocenters. The lowest BCUT2D eigenvalue weighted by Gasteiger charge is -2.42. The van der Waals surface area contributed by atoms with Gasteiger partial charge in [0.2, 0.25) is 0 Å². The summed E-state index contributed by atoms with van der Waals surface area (Å²) in [5.41, 5.74) is 2.58. The predicted octanol–water partition coefficient (Wildman–Crippen LogP) is 2.09. The number of amides is 2. The van der Waals surface area contributed by atoms with Gasteiger partial charge in [0, 0.05) is 37.2 Å². The maximum Gasteiger partial charge on any atom is 0.319 e. The first-order valence-electron chi connectivity index (χ1n) is 9.44. The van der Waals surface area contributed by atoms with Crippen LogP contribution in [0.3, 0.4) is 0 Å². The Morgan fingerprint density at radius 2 is 2.15 bits per heavy atom. The topological polar surface area (TPSA) is 99.0 Å². The first-order chi connectivity index (χ1) is 13.0. The number of nitrogens with one attached hydrogen (secondary N) is 2.